The topological polar surface area (TPSA) is 66.2 Å². The van der Waals surface area contributed by atoms with Crippen molar-refractivity contribution in [1.82, 2.24) is 9.97 Å². The van der Waals surface area contributed by atoms with Crippen LogP contribution in [0, 0.1) is 0 Å². The molecule has 0 aliphatic rings. The first-order valence-electron chi connectivity index (χ1n) is 14.8. The first kappa shape index (κ1) is 30.4. The summed E-state index contributed by atoms with van der Waals surface area (Å²) in [6.07, 6.45) is 1.95. The fraction of sp³-hybridized carbons (Fsp3) is 0.211. The van der Waals surface area contributed by atoms with E-state index in [0.29, 0.717) is 23.0 Å². The number of aromatic hydroxyl groups is 2. The quantitative estimate of drug-likeness (QED) is 0.171. The molecule has 0 aliphatic heterocycles. The van der Waals surface area contributed by atoms with Crippen molar-refractivity contribution < 1.29 is 31.3 Å². The first-order chi connectivity index (χ1) is 20.4. The molecule has 2 aromatic heterocycles. The monoisotopic (exact) mass is 747 g/mol. The number of phenols is 2. The van der Waals surface area contributed by atoms with E-state index in [1.54, 1.807) is 0 Å². The molecule has 2 unspecified atom stereocenters. The van der Waals surface area contributed by atoms with Crippen LogP contribution in [0.1, 0.15) is 63.5 Å². The van der Waals surface area contributed by atoms with Crippen LogP contribution in [0.3, 0.4) is 0 Å². The van der Waals surface area contributed by atoms with E-state index in [1.807, 2.05) is 72.8 Å². The van der Waals surface area contributed by atoms with Crippen LogP contribution in [0.5, 0.6) is 11.5 Å². The van der Waals surface area contributed by atoms with Crippen molar-refractivity contribution in [1.29, 1.82) is 0 Å². The van der Waals surface area contributed by atoms with Crippen LogP contribution in [0.15, 0.2) is 97.1 Å². The van der Waals surface area contributed by atoms with Crippen LogP contribution in [0.2, 0.25) is 0 Å². The standard InChI is InChI=1S/C38H36N2O2.Pt/c1-5-23(3)27-19-33(31-17-15-25-11-7-9-13-29(25)37(31)41)39-35(21-27)36-22-28(24(4)6-2)20-34(40-36)32-18-16-26-12-8-10-14-30(26)38(32)42;/h7-24,41-42H,5-6H2,1-4H3;. The third-order valence-corrected chi connectivity index (χ3v) is 8.67. The predicted octanol–water partition coefficient (Wildman–Crippen LogP) is 10.2. The number of phenolic OH excluding ortho intramolecular Hbond substituents is 2. The van der Waals surface area contributed by atoms with Crippen LogP contribution in [0.4, 0.5) is 0 Å². The van der Waals surface area contributed by atoms with Gasteiger partial charge in [-0.3, -0.25) is 0 Å². The second kappa shape index (κ2) is 12.7. The molecule has 6 rings (SSSR count). The zero-order valence-electron chi connectivity index (χ0n) is 24.9. The van der Waals surface area contributed by atoms with Gasteiger partial charge in [-0.25, -0.2) is 9.97 Å². The maximum atomic E-state index is 11.3. The number of rotatable bonds is 7. The van der Waals surface area contributed by atoms with E-state index in [9.17, 15) is 10.2 Å². The maximum Gasteiger partial charge on any atom is 0.132 e. The average molecular weight is 748 g/mol. The Bertz CT molecular complexity index is 1790. The maximum absolute atomic E-state index is 11.3. The van der Waals surface area contributed by atoms with E-state index in [4.69, 9.17) is 9.97 Å². The van der Waals surface area contributed by atoms with Gasteiger partial charge in [0.15, 0.2) is 0 Å². The Morgan fingerprint density at radius 2 is 0.907 bits per heavy atom. The SMILES string of the molecule is CCC(C)c1cc(-c2cc(C(C)CC)cc(-c3ccc4ccccc4c3O)n2)nc(-c2ccc3ccccc3c2O)c1.[Pt]. The summed E-state index contributed by atoms with van der Waals surface area (Å²) in [5, 5.41) is 26.2. The van der Waals surface area contributed by atoms with Crippen molar-refractivity contribution in [2.45, 2.75) is 52.4 Å². The van der Waals surface area contributed by atoms with E-state index >= 15 is 0 Å². The van der Waals surface area contributed by atoms with E-state index in [-0.39, 0.29) is 32.6 Å². The van der Waals surface area contributed by atoms with Crippen molar-refractivity contribution in [3.05, 3.63) is 108 Å². The van der Waals surface area contributed by atoms with Crippen LogP contribution in [0.25, 0.3) is 55.4 Å². The molecule has 2 atom stereocenters. The summed E-state index contributed by atoms with van der Waals surface area (Å²) in [6.45, 7) is 8.79. The molecule has 4 nitrogen and oxygen atoms in total. The zero-order chi connectivity index (χ0) is 29.4. The van der Waals surface area contributed by atoms with E-state index in [1.165, 1.54) is 0 Å². The third-order valence-electron chi connectivity index (χ3n) is 8.67. The number of benzene rings is 4. The molecule has 2 heterocycles. The van der Waals surface area contributed by atoms with Crippen LogP contribution in [-0.2, 0) is 21.1 Å². The Hall–Kier alpha value is -4.01. The molecular weight excluding hydrogens is 712 g/mol. The first-order valence-corrected chi connectivity index (χ1v) is 14.8. The summed E-state index contributed by atoms with van der Waals surface area (Å²) < 4.78 is 0. The van der Waals surface area contributed by atoms with Gasteiger partial charge in [0, 0.05) is 43.0 Å². The van der Waals surface area contributed by atoms with Gasteiger partial charge in [-0.1, -0.05) is 88.4 Å². The molecule has 4 aromatic carbocycles. The fourth-order valence-electron chi connectivity index (χ4n) is 5.61. The normalized spacial score (nSPS) is 12.7. The van der Waals surface area contributed by atoms with Gasteiger partial charge < -0.3 is 10.2 Å². The Labute approximate surface area is 267 Å². The zero-order valence-corrected chi connectivity index (χ0v) is 27.2. The van der Waals surface area contributed by atoms with Gasteiger partial charge in [0.1, 0.15) is 11.5 Å². The Balaban J connectivity index is 0.00000368. The van der Waals surface area contributed by atoms with Crippen molar-refractivity contribution >= 4 is 21.5 Å². The van der Waals surface area contributed by atoms with Crippen molar-refractivity contribution in [2.75, 3.05) is 0 Å². The molecule has 6 aromatic rings. The summed E-state index contributed by atoms with van der Waals surface area (Å²) in [7, 11) is 0. The van der Waals surface area contributed by atoms with E-state index in [0.717, 1.165) is 68.3 Å². The number of aromatic nitrogens is 2. The predicted molar refractivity (Wildman–Crippen MR) is 174 cm³/mol. The van der Waals surface area contributed by atoms with Crippen molar-refractivity contribution in [3.63, 3.8) is 0 Å². The van der Waals surface area contributed by atoms with Crippen LogP contribution >= 0.6 is 0 Å². The van der Waals surface area contributed by atoms with E-state index < -0.39 is 0 Å². The van der Waals surface area contributed by atoms with Gasteiger partial charge in [-0.15, -0.1) is 0 Å². The van der Waals surface area contributed by atoms with Crippen LogP contribution in [-0.4, -0.2) is 20.2 Å². The van der Waals surface area contributed by atoms with Gasteiger partial charge in [0.05, 0.1) is 22.8 Å². The summed E-state index contributed by atoms with van der Waals surface area (Å²) in [4.78, 5) is 10.2. The molecule has 0 bridgehead atoms. The minimum atomic E-state index is 0. The number of fused-ring (bicyclic) bond motifs is 2. The fourth-order valence-corrected chi connectivity index (χ4v) is 5.61. The molecule has 0 aliphatic carbocycles. The number of pyridine rings is 2. The Morgan fingerprint density at radius 1 is 0.535 bits per heavy atom. The summed E-state index contributed by atoms with van der Waals surface area (Å²) in [5.41, 5.74) is 6.64. The molecule has 220 valence electrons. The molecular formula is C38H36N2O2Pt. The van der Waals surface area contributed by atoms with Gasteiger partial charge in [-0.2, -0.15) is 0 Å². The Kier molecular flexibility index (Phi) is 8.99. The van der Waals surface area contributed by atoms with Gasteiger partial charge in [-0.05, 0) is 83.0 Å². The molecule has 0 saturated carbocycles. The minimum absolute atomic E-state index is 0. The summed E-state index contributed by atoms with van der Waals surface area (Å²) in [6, 6.07) is 32.1. The molecule has 0 saturated heterocycles. The molecule has 5 heteroatoms. The smallest absolute Gasteiger partial charge is 0.132 e. The number of nitrogens with zero attached hydrogens (tertiary/aromatic N) is 2. The molecule has 0 fully saturated rings. The van der Waals surface area contributed by atoms with E-state index in [2.05, 4.69) is 52.0 Å². The van der Waals surface area contributed by atoms with Gasteiger partial charge >= 0.3 is 0 Å². The Morgan fingerprint density at radius 3 is 1.30 bits per heavy atom. The van der Waals surface area contributed by atoms with Crippen molar-refractivity contribution in [3.8, 4) is 45.4 Å². The van der Waals surface area contributed by atoms with Gasteiger partial charge in [0.2, 0.25) is 0 Å². The third kappa shape index (κ3) is 5.81. The molecule has 43 heavy (non-hydrogen) atoms. The minimum Gasteiger partial charge on any atom is -0.507 e. The second-order valence-electron chi connectivity index (χ2n) is 11.3. The second-order valence-corrected chi connectivity index (χ2v) is 11.3. The van der Waals surface area contributed by atoms with Crippen molar-refractivity contribution in [2.24, 2.45) is 0 Å². The summed E-state index contributed by atoms with van der Waals surface area (Å²) >= 11 is 0. The summed E-state index contributed by atoms with van der Waals surface area (Å²) in [5.74, 6) is 1.07. The number of hydrogen-bond acceptors (Lipinski definition) is 4. The van der Waals surface area contributed by atoms with Gasteiger partial charge in [0.25, 0.3) is 0 Å². The number of hydrogen-bond donors (Lipinski definition) is 2. The molecule has 0 spiro atoms. The van der Waals surface area contributed by atoms with Crippen LogP contribution < -0.4 is 0 Å². The molecule has 2 N–H and O–H groups in total. The molecule has 0 radical (unpaired) electrons. The average Bonchev–Trinajstić information content (AvgIpc) is 3.04. The largest absolute Gasteiger partial charge is 0.507 e. The molecule has 0 amide bonds.